The summed E-state index contributed by atoms with van der Waals surface area (Å²) in [5.74, 6) is -0.193. The summed E-state index contributed by atoms with van der Waals surface area (Å²) in [7, 11) is 0. The molecule has 1 aromatic rings. The summed E-state index contributed by atoms with van der Waals surface area (Å²) in [5, 5.41) is 8.44. The van der Waals surface area contributed by atoms with E-state index in [9.17, 15) is 18.0 Å². The SMILES string of the molecule is Cl.NCCNC(=O)C1CCCN(Cc2cc(C(F)(F)F)n[nH]2)C1. The summed E-state index contributed by atoms with van der Waals surface area (Å²) in [6.07, 6.45) is -2.83. The van der Waals surface area contributed by atoms with E-state index in [0.717, 1.165) is 25.5 Å². The van der Waals surface area contributed by atoms with E-state index < -0.39 is 11.9 Å². The van der Waals surface area contributed by atoms with Gasteiger partial charge in [-0.05, 0) is 25.5 Å². The first-order valence-electron chi connectivity index (χ1n) is 7.21. The average molecular weight is 356 g/mol. The molecule has 1 amide bonds. The Kier molecular flexibility index (Phi) is 7.30. The Morgan fingerprint density at radius 2 is 2.26 bits per heavy atom. The standard InChI is InChI=1S/C13H20F3N5O.ClH/c14-13(15,16)11-6-10(19-20-11)8-21-5-1-2-9(7-21)12(22)18-4-3-17;/h6,9H,1-5,7-8,17H2,(H,18,22)(H,19,20);1H. The van der Waals surface area contributed by atoms with Crippen LogP contribution in [0.2, 0.25) is 0 Å². The number of rotatable bonds is 5. The molecule has 1 aromatic heterocycles. The van der Waals surface area contributed by atoms with Crippen LogP contribution in [-0.2, 0) is 17.5 Å². The number of alkyl halides is 3. The number of nitrogens with one attached hydrogen (secondary N) is 2. The van der Waals surface area contributed by atoms with Crippen molar-refractivity contribution in [2.45, 2.75) is 25.6 Å². The molecule has 1 fully saturated rings. The van der Waals surface area contributed by atoms with E-state index in [1.54, 1.807) is 0 Å². The van der Waals surface area contributed by atoms with Gasteiger partial charge in [-0.1, -0.05) is 0 Å². The number of piperidine rings is 1. The van der Waals surface area contributed by atoms with Crippen LogP contribution in [0.4, 0.5) is 13.2 Å². The number of aromatic nitrogens is 2. The molecule has 0 spiro atoms. The highest BCUT2D eigenvalue weighted by Gasteiger charge is 2.34. The molecule has 1 atom stereocenters. The van der Waals surface area contributed by atoms with Crippen molar-refractivity contribution in [3.8, 4) is 0 Å². The molecule has 2 heterocycles. The molecule has 2 rings (SSSR count). The lowest BCUT2D eigenvalue weighted by Crippen LogP contribution is -2.43. The van der Waals surface area contributed by atoms with Crippen LogP contribution in [0.5, 0.6) is 0 Å². The minimum atomic E-state index is -4.44. The van der Waals surface area contributed by atoms with Crippen LogP contribution in [-0.4, -0.2) is 47.2 Å². The minimum Gasteiger partial charge on any atom is -0.355 e. The number of halogens is 4. The third kappa shape index (κ3) is 5.67. The van der Waals surface area contributed by atoms with Crippen LogP contribution >= 0.6 is 12.4 Å². The molecular formula is C13H21ClF3N5O. The zero-order valence-electron chi connectivity index (χ0n) is 12.5. The van der Waals surface area contributed by atoms with Gasteiger partial charge in [0.1, 0.15) is 0 Å². The van der Waals surface area contributed by atoms with E-state index in [2.05, 4.69) is 15.5 Å². The quantitative estimate of drug-likeness (QED) is 0.739. The lowest BCUT2D eigenvalue weighted by molar-refractivity contribution is -0.141. The van der Waals surface area contributed by atoms with Gasteiger partial charge in [0.15, 0.2) is 5.69 Å². The van der Waals surface area contributed by atoms with Crippen LogP contribution in [0.25, 0.3) is 0 Å². The highest BCUT2D eigenvalue weighted by Crippen LogP contribution is 2.28. The van der Waals surface area contributed by atoms with Crippen molar-refractivity contribution in [2.75, 3.05) is 26.2 Å². The van der Waals surface area contributed by atoms with Crippen molar-refractivity contribution >= 4 is 18.3 Å². The number of H-pyrrole nitrogens is 1. The maximum atomic E-state index is 12.5. The predicted octanol–water partition coefficient (Wildman–Crippen LogP) is 1.14. The lowest BCUT2D eigenvalue weighted by Gasteiger charge is -2.31. The molecule has 1 saturated heterocycles. The van der Waals surface area contributed by atoms with Gasteiger partial charge in [0, 0.05) is 31.9 Å². The number of carbonyl (C=O) groups is 1. The molecule has 0 aliphatic carbocycles. The van der Waals surface area contributed by atoms with Crippen LogP contribution in [0.1, 0.15) is 24.2 Å². The fourth-order valence-electron chi connectivity index (χ4n) is 2.58. The second-order valence-corrected chi connectivity index (χ2v) is 5.43. The predicted molar refractivity (Wildman–Crippen MR) is 80.9 cm³/mol. The number of likely N-dealkylation sites (tertiary alicyclic amines) is 1. The zero-order valence-corrected chi connectivity index (χ0v) is 13.3. The van der Waals surface area contributed by atoms with E-state index in [0.29, 0.717) is 31.9 Å². The number of hydrogen-bond acceptors (Lipinski definition) is 4. The molecular weight excluding hydrogens is 335 g/mol. The van der Waals surface area contributed by atoms with E-state index in [-0.39, 0.29) is 24.2 Å². The fourth-order valence-corrected chi connectivity index (χ4v) is 2.58. The Labute approximate surface area is 138 Å². The monoisotopic (exact) mass is 355 g/mol. The first-order valence-corrected chi connectivity index (χ1v) is 7.21. The Morgan fingerprint density at radius 3 is 2.87 bits per heavy atom. The Morgan fingerprint density at radius 1 is 1.52 bits per heavy atom. The number of nitrogens with two attached hydrogens (primary N) is 1. The fraction of sp³-hybridized carbons (Fsp3) is 0.692. The van der Waals surface area contributed by atoms with Gasteiger partial charge in [-0.25, -0.2) is 0 Å². The molecule has 6 nitrogen and oxygen atoms in total. The van der Waals surface area contributed by atoms with E-state index in [4.69, 9.17) is 5.73 Å². The van der Waals surface area contributed by atoms with Gasteiger partial charge in [0.25, 0.3) is 0 Å². The maximum absolute atomic E-state index is 12.5. The number of aromatic amines is 1. The van der Waals surface area contributed by atoms with Gasteiger partial charge in [-0.2, -0.15) is 18.3 Å². The summed E-state index contributed by atoms with van der Waals surface area (Å²) in [4.78, 5) is 13.9. The average Bonchev–Trinajstić information content (AvgIpc) is 2.93. The molecule has 1 aliphatic heterocycles. The van der Waals surface area contributed by atoms with Crippen molar-refractivity contribution in [3.05, 3.63) is 17.5 Å². The Balaban J connectivity index is 0.00000264. The summed E-state index contributed by atoms with van der Waals surface area (Å²) >= 11 is 0. The Bertz CT molecular complexity index is 508. The second-order valence-electron chi connectivity index (χ2n) is 5.43. The number of nitrogens with zero attached hydrogens (tertiary/aromatic N) is 2. The van der Waals surface area contributed by atoms with Gasteiger partial charge < -0.3 is 11.1 Å². The molecule has 0 saturated carbocycles. The molecule has 1 aliphatic rings. The molecule has 0 bridgehead atoms. The number of carbonyl (C=O) groups excluding carboxylic acids is 1. The van der Waals surface area contributed by atoms with E-state index in [1.165, 1.54) is 0 Å². The van der Waals surface area contributed by atoms with Crippen molar-refractivity contribution in [3.63, 3.8) is 0 Å². The van der Waals surface area contributed by atoms with Gasteiger partial charge in [0.2, 0.25) is 5.91 Å². The van der Waals surface area contributed by atoms with Crippen molar-refractivity contribution in [2.24, 2.45) is 11.7 Å². The summed E-state index contributed by atoms with van der Waals surface area (Å²) < 4.78 is 37.5. The molecule has 132 valence electrons. The van der Waals surface area contributed by atoms with Crippen LogP contribution in [0, 0.1) is 5.92 Å². The maximum Gasteiger partial charge on any atom is 0.435 e. The largest absolute Gasteiger partial charge is 0.435 e. The first kappa shape index (κ1) is 19.7. The molecule has 0 radical (unpaired) electrons. The molecule has 1 unspecified atom stereocenters. The highest BCUT2D eigenvalue weighted by atomic mass is 35.5. The smallest absolute Gasteiger partial charge is 0.355 e. The summed E-state index contributed by atoms with van der Waals surface area (Å²) in [6.45, 7) is 2.42. The third-order valence-electron chi connectivity index (χ3n) is 3.64. The van der Waals surface area contributed by atoms with Gasteiger partial charge in [-0.15, -0.1) is 12.4 Å². The lowest BCUT2D eigenvalue weighted by atomic mass is 9.97. The number of hydrogen-bond donors (Lipinski definition) is 3. The van der Waals surface area contributed by atoms with Gasteiger partial charge in [0.05, 0.1) is 5.92 Å². The zero-order chi connectivity index (χ0) is 16.2. The first-order chi connectivity index (χ1) is 10.4. The molecule has 10 heteroatoms. The second kappa shape index (κ2) is 8.51. The summed E-state index contributed by atoms with van der Waals surface area (Å²) in [5.41, 5.74) is 4.82. The van der Waals surface area contributed by atoms with E-state index in [1.807, 2.05) is 4.90 Å². The molecule has 4 N–H and O–H groups in total. The third-order valence-corrected chi connectivity index (χ3v) is 3.64. The van der Waals surface area contributed by atoms with Crippen LogP contribution in [0.15, 0.2) is 6.07 Å². The normalized spacial score (nSPS) is 19.2. The van der Waals surface area contributed by atoms with Gasteiger partial charge in [-0.3, -0.25) is 14.8 Å². The topological polar surface area (TPSA) is 87.0 Å². The van der Waals surface area contributed by atoms with Crippen LogP contribution in [0.3, 0.4) is 0 Å². The summed E-state index contributed by atoms with van der Waals surface area (Å²) in [6, 6.07) is 1.01. The van der Waals surface area contributed by atoms with Crippen molar-refractivity contribution in [1.29, 1.82) is 0 Å². The van der Waals surface area contributed by atoms with E-state index >= 15 is 0 Å². The molecule has 0 aromatic carbocycles. The highest BCUT2D eigenvalue weighted by molar-refractivity contribution is 5.85. The van der Waals surface area contributed by atoms with Crippen LogP contribution < -0.4 is 11.1 Å². The van der Waals surface area contributed by atoms with Crippen molar-refractivity contribution < 1.29 is 18.0 Å². The molecule has 23 heavy (non-hydrogen) atoms. The Hall–Kier alpha value is -1.32. The van der Waals surface area contributed by atoms with Crippen molar-refractivity contribution in [1.82, 2.24) is 20.4 Å². The number of amides is 1. The van der Waals surface area contributed by atoms with Gasteiger partial charge >= 0.3 is 6.18 Å². The minimum absolute atomic E-state index is 0.